The van der Waals surface area contributed by atoms with Crippen molar-refractivity contribution in [2.45, 2.75) is 50.0 Å². The summed E-state index contributed by atoms with van der Waals surface area (Å²) in [6, 6.07) is 8.91. The van der Waals surface area contributed by atoms with Crippen molar-refractivity contribution in [1.82, 2.24) is 4.90 Å². The standard InChI is InChI=1S/C19H28N2OS.ClH/c1-19(2,3)14-5-7-15(8-6-14)23-12-18(22)21-10-13-4-9-17(20)16(13)11-21;/h5-8,13,16-17H,4,9-12,20H2,1-3H3;1H. The van der Waals surface area contributed by atoms with E-state index in [-0.39, 0.29) is 23.7 Å². The second-order valence-corrected chi connectivity index (χ2v) is 9.08. The number of benzene rings is 1. The van der Waals surface area contributed by atoms with Crippen molar-refractivity contribution < 1.29 is 4.79 Å². The third-order valence-corrected chi connectivity index (χ3v) is 6.34. The monoisotopic (exact) mass is 368 g/mol. The fourth-order valence-electron chi connectivity index (χ4n) is 3.80. The van der Waals surface area contributed by atoms with Crippen LogP contribution in [0.4, 0.5) is 0 Å². The van der Waals surface area contributed by atoms with Crippen LogP contribution >= 0.6 is 24.2 Å². The van der Waals surface area contributed by atoms with E-state index in [1.807, 2.05) is 4.90 Å². The summed E-state index contributed by atoms with van der Waals surface area (Å²) < 4.78 is 0. The van der Waals surface area contributed by atoms with E-state index in [4.69, 9.17) is 5.73 Å². The predicted molar refractivity (Wildman–Crippen MR) is 104 cm³/mol. The van der Waals surface area contributed by atoms with E-state index in [9.17, 15) is 4.79 Å². The van der Waals surface area contributed by atoms with E-state index >= 15 is 0 Å². The zero-order valence-corrected chi connectivity index (χ0v) is 16.5. The molecule has 1 aliphatic carbocycles. The molecule has 2 N–H and O–H groups in total. The lowest BCUT2D eigenvalue weighted by atomic mass is 9.87. The van der Waals surface area contributed by atoms with Crippen molar-refractivity contribution in [2.75, 3.05) is 18.8 Å². The number of amides is 1. The molecule has 2 fully saturated rings. The number of hydrogen-bond acceptors (Lipinski definition) is 3. The Morgan fingerprint density at radius 2 is 1.88 bits per heavy atom. The summed E-state index contributed by atoms with van der Waals surface area (Å²) in [6.07, 6.45) is 2.32. The third kappa shape index (κ3) is 4.27. The third-order valence-electron chi connectivity index (χ3n) is 5.35. The minimum Gasteiger partial charge on any atom is -0.341 e. The van der Waals surface area contributed by atoms with E-state index in [1.165, 1.54) is 16.9 Å². The van der Waals surface area contributed by atoms with Gasteiger partial charge in [-0.05, 0) is 47.8 Å². The number of nitrogens with zero attached hydrogens (tertiary/aromatic N) is 1. The molecule has 3 atom stereocenters. The summed E-state index contributed by atoms with van der Waals surface area (Å²) in [7, 11) is 0. The van der Waals surface area contributed by atoms with Crippen LogP contribution in [0, 0.1) is 11.8 Å². The van der Waals surface area contributed by atoms with Gasteiger partial charge in [0.2, 0.25) is 5.91 Å². The summed E-state index contributed by atoms with van der Waals surface area (Å²) >= 11 is 1.64. The van der Waals surface area contributed by atoms with Gasteiger partial charge in [0.05, 0.1) is 5.75 Å². The highest BCUT2D eigenvalue weighted by Crippen LogP contribution is 2.37. The Labute approximate surface area is 156 Å². The zero-order valence-electron chi connectivity index (χ0n) is 14.8. The van der Waals surface area contributed by atoms with Gasteiger partial charge in [-0.25, -0.2) is 0 Å². The molecule has 0 bridgehead atoms. The maximum absolute atomic E-state index is 12.4. The number of nitrogens with two attached hydrogens (primary N) is 1. The largest absolute Gasteiger partial charge is 0.341 e. The van der Waals surface area contributed by atoms with Crippen molar-refractivity contribution in [1.29, 1.82) is 0 Å². The number of carbonyl (C=O) groups is 1. The molecular weight excluding hydrogens is 340 g/mol. The normalized spacial score (nSPS) is 26.2. The topological polar surface area (TPSA) is 46.3 Å². The van der Waals surface area contributed by atoms with Crippen molar-refractivity contribution in [3.05, 3.63) is 29.8 Å². The molecule has 1 aromatic carbocycles. The van der Waals surface area contributed by atoms with Gasteiger partial charge in [0, 0.05) is 24.0 Å². The molecule has 1 amide bonds. The zero-order chi connectivity index (χ0) is 16.6. The first-order chi connectivity index (χ1) is 10.8. The maximum atomic E-state index is 12.4. The number of hydrogen-bond donors (Lipinski definition) is 1. The molecule has 1 aliphatic heterocycles. The van der Waals surface area contributed by atoms with Crippen LogP contribution in [0.5, 0.6) is 0 Å². The Morgan fingerprint density at radius 1 is 1.21 bits per heavy atom. The molecule has 0 radical (unpaired) electrons. The van der Waals surface area contributed by atoms with Crippen molar-refractivity contribution >= 4 is 30.1 Å². The van der Waals surface area contributed by atoms with Crippen LogP contribution in [0.1, 0.15) is 39.2 Å². The van der Waals surface area contributed by atoms with E-state index in [2.05, 4.69) is 45.0 Å². The highest BCUT2D eigenvalue weighted by Gasteiger charge is 2.42. The first kappa shape index (κ1) is 19.6. The minimum absolute atomic E-state index is 0. The molecule has 3 nitrogen and oxygen atoms in total. The molecule has 1 saturated carbocycles. The summed E-state index contributed by atoms with van der Waals surface area (Å²) in [5, 5.41) is 0. The fourth-order valence-corrected chi connectivity index (χ4v) is 4.60. The van der Waals surface area contributed by atoms with Gasteiger partial charge in [-0.1, -0.05) is 32.9 Å². The maximum Gasteiger partial charge on any atom is 0.232 e. The van der Waals surface area contributed by atoms with Crippen molar-refractivity contribution in [3.8, 4) is 0 Å². The second-order valence-electron chi connectivity index (χ2n) is 8.03. The number of carbonyl (C=O) groups excluding carboxylic acids is 1. The Hall–Kier alpha value is -0.710. The Morgan fingerprint density at radius 3 is 2.46 bits per heavy atom. The van der Waals surface area contributed by atoms with Gasteiger partial charge < -0.3 is 10.6 Å². The van der Waals surface area contributed by atoms with Crippen LogP contribution in [0.3, 0.4) is 0 Å². The van der Waals surface area contributed by atoms with Crippen LogP contribution < -0.4 is 5.73 Å². The van der Waals surface area contributed by atoms with Gasteiger partial charge in [0.1, 0.15) is 0 Å². The van der Waals surface area contributed by atoms with Gasteiger partial charge in [-0.15, -0.1) is 24.2 Å². The second kappa shape index (κ2) is 7.67. The van der Waals surface area contributed by atoms with E-state index in [0.717, 1.165) is 19.5 Å². The van der Waals surface area contributed by atoms with E-state index in [0.29, 0.717) is 23.6 Å². The lowest BCUT2D eigenvalue weighted by Gasteiger charge is -2.20. The molecule has 1 heterocycles. The molecule has 0 spiro atoms. The highest BCUT2D eigenvalue weighted by molar-refractivity contribution is 8.00. The summed E-state index contributed by atoms with van der Waals surface area (Å²) in [6.45, 7) is 8.43. The summed E-state index contributed by atoms with van der Waals surface area (Å²) in [4.78, 5) is 15.6. The molecule has 24 heavy (non-hydrogen) atoms. The average Bonchev–Trinajstić information content (AvgIpc) is 3.07. The van der Waals surface area contributed by atoms with Crippen molar-refractivity contribution in [2.24, 2.45) is 17.6 Å². The molecule has 3 unspecified atom stereocenters. The molecule has 2 aliphatic rings. The number of rotatable bonds is 3. The van der Waals surface area contributed by atoms with Gasteiger partial charge >= 0.3 is 0 Å². The van der Waals surface area contributed by atoms with Gasteiger partial charge in [-0.2, -0.15) is 0 Å². The summed E-state index contributed by atoms with van der Waals surface area (Å²) in [5.74, 6) is 1.97. The van der Waals surface area contributed by atoms with Crippen molar-refractivity contribution in [3.63, 3.8) is 0 Å². The number of likely N-dealkylation sites (tertiary alicyclic amines) is 1. The summed E-state index contributed by atoms with van der Waals surface area (Å²) in [5.41, 5.74) is 7.65. The van der Waals surface area contributed by atoms with Crippen LogP contribution in [-0.2, 0) is 10.2 Å². The predicted octanol–water partition coefficient (Wildman–Crippen LogP) is 3.69. The van der Waals surface area contributed by atoms with Crippen LogP contribution in [0.25, 0.3) is 0 Å². The first-order valence-corrected chi connectivity index (χ1v) is 9.60. The molecule has 1 saturated heterocycles. The van der Waals surface area contributed by atoms with E-state index < -0.39 is 0 Å². The molecule has 5 heteroatoms. The Kier molecular flexibility index (Phi) is 6.27. The van der Waals surface area contributed by atoms with Gasteiger partial charge in [-0.3, -0.25) is 4.79 Å². The molecular formula is C19H29ClN2OS. The van der Waals surface area contributed by atoms with Gasteiger partial charge in [0.25, 0.3) is 0 Å². The quantitative estimate of drug-likeness (QED) is 0.827. The molecule has 134 valence electrons. The number of halogens is 1. The molecule has 0 aromatic heterocycles. The minimum atomic E-state index is 0. The first-order valence-electron chi connectivity index (χ1n) is 8.61. The molecule has 3 rings (SSSR count). The fraction of sp³-hybridized carbons (Fsp3) is 0.632. The highest BCUT2D eigenvalue weighted by atomic mass is 35.5. The van der Waals surface area contributed by atoms with Crippen LogP contribution in [0.15, 0.2) is 29.2 Å². The Bertz CT molecular complexity index is 570. The van der Waals surface area contributed by atoms with E-state index in [1.54, 1.807) is 11.8 Å². The SMILES string of the molecule is CC(C)(C)c1ccc(SCC(=O)N2CC3CCC(N)C3C2)cc1.Cl. The lowest BCUT2D eigenvalue weighted by Crippen LogP contribution is -2.34. The molecule has 1 aromatic rings. The number of fused-ring (bicyclic) bond motifs is 1. The lowest BCUT2D eigenvalue weighted by molar-refractivity contribution is -0.127. The number of thioether (sulfide) groups is 1. The average molecular weight is 369 g/mol. The van der Waals surface area contributed by atoms with Gasteiger partial charge in [0.15, 0.2) is 0 Å². The Balaban J connectivity index is 0.00000208. The smallest absolute Gasteiger partial charge is 0.232 e. The van der Waals surface area contributed by atoms with Crippen LogP contribution in [0.2, 0.25) is 0 Å². The van der Waals surface area contributed by atoms with Crippen LogP contribution in [-0.4, -0.2) is 35.7 Å².